The predicted octanol–water partition coefficient (Wildman–Crippen LogP) is 3.60. The quantitative estimate of drug-likeness (QED) is 0.883. The van der Waals surface area contributed by atoms with Gasteiger partial charge in [0.05, 0.1) is 0 Å². The highest BCUT2D eigenvalue weighted by molar-refractivity contribution is 6.03. The van der Waals surface area contributed by atoms with Gasteiger partial charge in [0.2, 0.25) is 0 Å². The molecule has 1 heterocycles. The van der Waals surface area contributed by atoms with Gasteiger partial charge in [-0.3, -0.25) is 4.79 Å². The molecule has 0 unspecified atom stereocenters. The van der Waals surface area contributed by atoms with Crippen LogP contribution in [0.3, 0.4) is 0 Å². The number of rotatable bonds is 5. The second-order valence-corrected chi connectivity index (χ2v) is 4.75. The number of halogens is 1. The van der Waals surface area contributed by atoms with Crippen LogP contribution in [-0.4, -0.2) is 17.4 Å². The number of hydrogen-bond donors (Lipinski definition) is 2. The smallest absolute Gasteiger partial charge is 0.274 e. The molecular weight excluding hydrogens is 269 g/mol. The van der Waals surface area contributed by atoms with Gasteiger partial charge in [-0.05, 0) is 43.2 Å². The van der Waals surface area contributed by atoms with Crippen LogP contribution < -0.4 is 10.6 Å². The molecule has 1 amide bonds. The Labute approximate surface area is 123 Å². The van der Waals surface area contributed by atoms with Gasteiger partial charge in [-0.1, -0.05) is 19.1 Å². The highest BCUT2D eigenvalue weighted by Gasteiger charge is 2.10. The van der Waals surface area contributed by atoms with E-state index >= 15 is 0 Å². The van der Waals surface area contributed by atoms with E-state index in [1.807, 2.05) is 6.92 Å². The molecule has 0 saturated carbocycles. The number of carbonyl (C=O) groups is 1. The average molecular weight is 287 g/mol. The SMILES string of the molecule is CCCNc1cccc(C(=O)Nc2cc(F)ccc2C)n1. The Morgan fingerprint density at radius 2 is 2.10 bits per heavy atom. The molecule has 21 heavy (non-hydrogen) atoms. The maximum absolute atomic E-state index is 13.2. The first-order chi connectivity index (χ1) is 10.1. The number of anilines is 2. The van der Waals surface area contributed by atoms with Crippen LogP contribution in [0.5, 0.6) is 0 Å². The van der Waals surface area contributed by atoms with Gasteiger partial charge in [0.15, 0.2) is 0 Å². The number of carbonyl (C=O) groups excluding carboxylic acids is 1. The minimum absolute atomic E-state index is 0.291. The number of benzene rings is 1. The number of aryl methyl sites for hydroxylation is 1. The third kappa shape index (κ3) is 4.02. The Bertz CT molecular complexity index is 643. The molecule has 2 N–H and O–H groups in total. The van der Waals surface area contributed by atoms with Crippen LogP contribution in [0.1, 0.15) is 29.4 Å². The first-order valence-electron chi connectivity index (χ1n) is 6.88. The van der Waals surface area contributed by atoms with Crippen molar-refractivity contribution in [2.24, 2.45) is 0 Å². The van der Waals surface area contributed by atoms with Crippen LogP contribution in [0.4, 0.5) is 15.9 Å². The zero-order chi connectivity index (χ0) is 15.2. The molecule has 5 heteroatoms. The molecule has 1 aromatic carbocycles. The standard InChI is InChI=1S/C16H18FN3O/c1-3-9-18-15-6-4-5-13(19-15)16(21)20-14-10-12(17)8-7-11(14)2/h4-8,10H,3,9H2,1-2H3,(H,18,19)(H,20,21). The minimum atomic E-state index is -0.387. The second kappa shape index (κ2) is 6.83. The molecule has 4 nitrogen and oxygen atoms in total. The molecule has 0 radical (unpaired) electrons. The van der Waals surface area contributed by atoms with Crippen molar-refractivity contribution in [1.82, 2.24) is 4.98 Å². The summed E-state index contributed by atoms with van der Waals surface area (Å²) in [6, 6.07) is 9.47. The van der Waals surface area contributed by atoms with Crippen LogP contribution >= 0.6 is 0 Å². The van der Waals surface area contributed by atoms with Crippen molar-refractivity contribution < 1.29 is 9.18 Å². The number of pyridine rings is 1. The van der Waals surface area contributed by atoms with E-state index in [1.165, 1.54) is 12.1 Å². The highest BCUT2D eigenvalue weighted by atomic mass is 19.1. The first-order valence-corrected chi connectivity index (χ1v) is 6.88. The summed E-state index contributed by atoms with van der Waals surface area (Å²) in [4.78, 5) is 16.4. The fourth-order valence-corrected chi connectivity index (χ4v) is 1.83. The van der Waals surface area contributed by atoms with E-state index < -0.39 is 0 Å². The largest absolute Gasteiger partial charge is 0.370 e. The lowest BCUT2D eigenvalue weighted by Gasteiger charge is -2.09. The zero-order valence-corrected chi connectivity index (χ0v) is 12.1. The van der Waals surface area contributed by atoms with E-state index in [4.69, 9.17) is 0 Å². The van der Waals surface area contributed by atoms with Gasteiger partial charge in [-0.25, -0.2) is 9.37 Å². The van der Waals surface area contributed by atoms with Crippen LogP contribution in [0.2, 0.25) is 0 Å². The summed E-state index contributed by atoms with van der Waals surface area (Å²) in [7, 11) is 0. The molecule has 1 aromatic heterocycles. The van der Waals surface area contributed by atoms with Crippen molar-refractivity contribution in [2.75, 3.05) is 17.2 Å². The summed E-state index contributed by atoms with van der Waals surface area (Å²) in [6.07, 6.45) is 0.973. The van der Waals surface area contributed by atoms with E-state index in [-0.39, 0.29) is 11.7 Å². The lowest BCUT2D eigenvalue weighted by molar-refractivity contribution is 0.102. The molecule has 0 aliphatic carbocycles. The van der Waals surface area contributed by atoms with Gasteiger partial charge in [-0.15, -0.1) is 0 Å². The number of aromatic nitrogens is 1. The Morgan fingerprint density at radius 3 is 2.86 bits per heavy atom. The van der Waals surface area contributed by atoms with Gasteiger partial charge < -0.3 is 10.6 Å². The summed E-state index contributed by atoms with van der Waals surface area (Å²) in [6.45, 7) is 4.65. The third-order valence-electron chi connectivity index (χ3n) is 2.99. The monoisotopic (exact) mass is 287 g/mol. The number of nitrogens with one attached hydrogen (secondary N) is 2. The molecule has 2 aromatic rings. The summed E-state index contributed by atoms with van der Waals surface area (Å²) < 4.78 is 13.2. The van der Waals surface area contributed by atoms with E-state index in [2.05, 4.69) is 22.5 Å². The summed E-state index contributed by atoms with van der Waals surface area (Å²) in [5.74, 6) is -0.0912. The van der Waals surface area contributed by atoms with E-state index in [1.54, 1.807) is 24.3 Å². The zero-order valence-electron chi connectivity index (χ0n) is 12.1. The Morgan fingerprint density at radius 1 is 1.29 bits per heavy atom. The van der Waals surface area contributed by atoms with Crippen molar-refractivity contribution in [2.45, 2.75) is 20.3 Å². The summed E-state index contributed by atoms with van der Waals surface area (Å²) in [5.41, 5.74) is 1.54. The van der Waals surface area contributed by atoms with Gasteiger partial charge in [0.25, 0.3) is 5.91 Å². The number of amides is 1. The van der Waals surface area contributed by atoms with Gasteiger partial charge in [0.1, 0.15) is 17.3 Å². The lowest BCUT2D eigenvalue weighted by Crippen LogP contribution is -2.15. The molecule has 0 aliphatic rings. The van der Waals surface area contributed by atoms with Crippen LogP contribution in [0.25, 0.3) is 0 Å². The molecule has 110 valence electrons. The first kappa shape index (κ1) is 15.0. The Kier molecular flexibility index (Phi) is 4.87. The van der Waals surface area contributed by atoms with Crippen LogP contribution in [-0.2, 0) is 0 Å². The fraction of sp³-hybridized carbons (Fsp3) is 0.250. The number of nitrogens with zero attached hydrogens (tertiary/aromatic N) is 1. The van der Waals surface area contributed by atoms with Crippen LogP contribution in [0.15, 0.2) is 36.4 Å². The second-order valence-electron chi connectivity index (χ2n) is 4.75. The normalized spacial score (nSPS) is 10.2. The lowest BCUT2D eigenvalue weighted by atomic mass is 10.2. The van der Waals surface area contributed by atoms with E-state index in [0.717, 1.165) is 18.5 Å². The summed E-state index contributed by atoms with van der Waals surface area (Å²) >= 11 is 0. The van der Waals surface area contributed by atoms with Gasteiger partial charge >= 0.3 is 0 Å². The van der Waals surface area contributed by atoms with Crippen LogP contribution in [0, 0.1) is 12.7 Å². The third-order valence-corrected chi connectivity index (χ3v) is 2.99. The van der Waals surface area contributed by atoms with Crippen molar-refractivity contribution in [3.63, 3.8) is 0 Å². The Hall–Kier alpha value is -2.43. The van der Waals surface area contributed by atoms with E-state index in [0.29, 0.717) is 17.2 Å². The fourth-order valence-electron chi connectivity index (χ4n) is 1.83. The maximum atomic E-state index is 13.2. The van der Waals surface area contributed by atoms with Gasteiger partial charge in [0, 0.05) is 12.2 Å². The molecular formula is C16H18FN3O. The number of hydrogen-bond acceptors (Lipinski definition) is 3. The molecule has 0 fully saturated rings. The molecule has 0 spiro atoms. The Balaban J connectivity index is 2.14. The van der Waals surface area contributed by atoms with Crippen molar-refractivity contribution in [3.05, 3.63) is 53.5 Å². The van der Waals surface area contributed by atoms with Crippen molar-refractivity contribution >= 4 is 17.4 Å². The predicted molar refractivity (Wildman–Crippen MR) is 82.1 cm³/mol. The molecule has 2 rings (SSSR count). The minimum Gasteiger partial charge on any atom is -0.370 e. The van der Waals surface area contributed by atoms with E-state index in [9.17, 15) is 9.18 Å². The van der Waals surface area contributed by atoms with Crippen molar-refractivity contribution in [3.8, 4) is 0 Å². The average Bonchev–Trinajstić information content (AvgIpc) is 2.49. The molecule has 0 saturated heterocycles. The topological polar surface area (TPSA) is 54.0 Å². The maximum Gasteiger partial charge on any atom is 0.274 e. The van der Waals surface area contributed by atoms with Crippen molar-refractivity contribution in [1.29, 1.82) is 0 Å². The highest BCUT2D eigenvalue weighted by Crippen LogP contribution is 2.17. The summed E-state index contributed by atoms with van der Waals surface area (Å²) in [5, 5.41) is 5.80. The molecule has 0 aliphatic heterocycles. The molecule has 0 bridgehead atoms. The van der Waals surface area contributed by atoms with Gasteiger partial charge in [-0.2, -0.15) is 0 Å². The molecule has 0 atom stereocenters.